The monoisotopic (exact) mass is 483 g/mol. The second-order valence-electron chi connectivity index (χ2n) is 9.43. The van der Waals surface area contributed by atoms with E-state index in [1.165, 1.54) is 0 Å². The third-order valence-corrected chi connectivity index (χ3v) is 6.57. The van der Waals surface area contributed by atoms with Gasteiger partial charge in [0.25, 0.3) is 0 Å². The Hall–Kier alpha value is -1.99. The van der Waals surface area contributed by atoms with Crippen molar-refractivity contribution in [2.24, 2.45) is 5.92 Å². The largest absolute Gasteiger partial charge is 0.444 e. The fourth-order valence-electron chi connectivity index (χ4n) is 4.15. The molecule has 2 saturated heterocycles. The van der Waals surface area contributed by atoms with Gasteiger partial charge >= 0.3 is 6.09 Å². The van der Waals surface area contributed by atoms with Crippen LogP contribution in [-0.4, -0.2) is 59.0 Å². The van der Waals surface area contributed by atoms with Crippen molar-refractivity contribution in [3.8, 4) is 0 Å². The Kier molecular flexibility index (Phi) is 7.93. The van der Waals surface area contributed by atoms with Gasteiger partial charge in [0.05, 0.1) is 0 Å². The van der Waals surface area contributed by atoms with Gasteiger partial charge < -0.3 is 19.9 Å². The smallest absolute Gasteiger partial charge is 0.407 e. The van der Waals surface area contributed by atoms with Crippen molar-refractivity contribution < 1.29 is 19.1 Å². The van der Waals surface area contributed by atoms with Crippen molar-refractivity contribution in [3.05, 3.63) is 33.8 Å². The van der Waals surface area contributed by atoms with Gasteiger partial charge in [0.15, 0.2) is 0 Å². The number of alkyl carbamates (subject to hydrolysis) is 1. The highest BCUT2D eigenvalue weighted by Gasteiger charge is 2.39. The topological polar surface area (TPSA) is 79.0 Å². The Balaban J connectivity index is 1.54. The zero-order chi connectivity index (χ0) is 23.5. The van der Waals surface area contributed by atoms with Gasteiger partial charge in [-0.05, 0) is 58.1 Å². The minimum atomic E-state index is -0.529. The molecule has 3 amide bonds. The van der Waals surface area contributed by atoms with Gasteiger partial charge in [-0.1, -0.05) is 29.3 Å². The van der Waals surface area contributed by atoms with E-state index in [1.807, 2.05) is 25.7 Å². The van der Waals surface area contributed by atoms with E-state index in [4.69, 9.17) is 27.9 Å². The normalized spacial score (nSPS) is 19.9. The van der Waals surface area contributed by atoms with Crippen LogP contribution < -0.4 is 5.32 Å². The van der Waals surface area contributed by atoms with Gasteiger partial charge in [0, 0.05) is 48.2 Å². The summed E-state index contributed by atoms with van der Waals surface area (Å²) in [5.41, 5.74) is 0.134. The minimum Gasteiger partial charge on any atom is -0.444 e. The van der Waals surface area contributed by atoms with Crippen LogP contribution in [-0.2, 0) is 20.9 Å². The Morgan fingerprint density at radius 1 is 1.12 bits per heavy atom. The summed E-state index contributed by atoms with van der Waals surface area (Å²) in [5, 5.41) is 3.79. The van der Waals surface area contributed by atoms with Crippen molar-refractivity contribution in [2.45, 2.75) is 64.6 Å². The van der Waals surface area contributed by atoms with Crippen molar-refractivity contribution in [3.63, 3.8) is 0 Å². The molecule has 32 heavy (non-hydrogen) atoms. The number of ether oxygens (including phenoxy) is 1. The number of nitrogens with zero attached hydrogens (tertiary/aromatic N) is 2. The third kappa shape index (κ3) is 6.29. The highest BCUT2D eigenvalue weighted by molar-refractivity contribution is 6.36. The zero-order valence-corrected chi connectivity index (χ0v) is 20.3. The average molecular weight is 484 g/mol. The molecular weight excluding hydrogens is 453 g/mol. The predicted octanol–water partition coefficient (Wildman–Crippen LogP) is 4.25. The first-order valence-electron chi connectivity index (χ1n) is 11.0. The minimum absolute atomic E-state index is 0.0300. The van der Waals surface area contributed by atoms with Crippen LogP contribution in [0, 0.1) is 5.92 Å². The third-order valence-electron chi connectivity index (χ3n) is 5.86. The highest BCUT2D eigenvalue weighted by Crippen LogP contribution is 2.30. The second-order valence-corrected chi connectivity index (χ2v) is 10.2. The molecule has 2 aliphatic heterocycles. The molecule has 1 atom stereocenters. The molecule has 1 aromatic carbocycles. The number of piperidine rings is 1. The van der Waals surface area contributed by atoms with Crippen LogP contribution >= 0.6 is 23.2 Å². The first-order chi connectivity index (χ1) is 15.0. The van der Waals surface area contributed by atoms with Crippen molar-refractivity contribution in [1.29, 1.82) is 0 Å². The summed E-state index contributed by atoms with van der Waals surface area (Å²) in [4.78, 5) is 41.0. The first kappa shape index (κ1) is 24.6. The molecule has 0 aliphatic carbocycles. The maximum atomic E-state index is 13.2. The van der Waals surface area contributed by atoms with Crippen LogP contribution in [0.4, 0.5) is 4.79 Å². The molecule has 9 heteroatoms. The number of carbonyl (C=O) groups excluding carboxylic acids is 3. The molecule has 176 valence electrons. The summed E-state index contributed by atoms with van der Waals surface area (Å²) in [5.74, 6) is 0.197. The summed E-state index contributed by atoms with van der Waals surface area (Å²) in [7, 11) is 0. The van der Waals surface area contributed by atoms with E-state index in [-0.39, 0.29) is 24.3 Å². The number of halogens is 2. The van der Waals surface area contributed by atoms with E-state index in [0.29, 0.717) is 48.1 Å². The lowest BCUT2D eigenvalue weighted by Crippen LogP contribution is -2.49. The Morgan fingerprint density at radius 2 is 1.75 bits per heavy atom. The number of amides is 3. The summed E-state index contributed by atoms with van der Waals surface area (Å²) >= 11 is 12.6. The summed E-state index contributed by atoms with van der Waals surface area (Å²) < 4.78 is 5.27. The standard InChI is InChI=1S/C23H31Cl2N3O4/c1-23(2,3)32-22(31)26-13-15-9-11-27(12-10-15)21(30)19-7-8-20(29)28(19)14-16-17(24)5-4-6-18(16)25/h4-6,15,19H,7-14H2,1-3H3,(H,26,31)/t19-/m0/s1. The first-order valence-corrected chi connectivity index (χ1v) is 11.8. The van der Waals surface area contributed by atoms with Gasteiger partial charge in [0.2, 0.25) is 11.8 Å². The summed E-state index contributed by atoms with van der Waals surface area (Å²) in [6.45, 7) is 7.43. The van der Waals surface area contributed by atoms with Crippen molar-refractivity contribution in [1.82, 2.24) is 15.1 Å². The molecule has 3 rings (SSSR count). The maximum absolute atomic E-state index is 13.2. The number of rotatable bonds is 5. The Morgan fingerprint density at radius 3 is 2.34 bits per heavy atom. The summed E-state index contributed by atoms with van der Waals surface area (Å²) in [6, 6.07) is 4.72. The van der Waals surface area contributed by atoms with Gasteiger partial charge in [-0.2, -0.15) is 0 Å². The quantitative estimate of drug-likeness (QED) is 0.678. The van der Waals surface area contributed by atoms with E-state index in [1.54, 1.807) is 23.1 Å². The van der Waals surface area contributed by atoms with Crippen LogP contribution in [0.1, 0.15) is 52.0 Å². The molecule has 2 fully saturated rings. The Labute approximate surface area is 199 Å². The van der Waals surface area contributed by atoms with Crippen LogP contribution in [0.2, 0.25) is 10.0 Å². The molecule has 0 saturated carbocycles. The zero-order valence-electron chi connectivity index (χ0n) is 18.8. The van der Waals surface area contributed by atoms with Crippen LogP contribution in [0.5, 0.6) is 0 Å². The van der Waals surface area contributed by atoms with Crippen LogP contribution in [0.25, 0.3) is 0 Å². The molecule has 2 aliphatic rings. The van der Waals surface area contributed by atoms with E-state index >= 15 is 0 Å². The molecule has 1 N–H and O–H groups in total. The number of benzene rings is 1. The molecule has 0 radical (unpaired) electrons. The number of nitrogens with one attached hydrogen (secondary N) is 1. The van der Waals surface area contributed by atoms with Crippen molar-refractivity contribution >= 4 is 41.1 Å². The van der Waals surface area contributed by atoms with E-state index in [0.717, 1.165) is 12.8 Å². The maximum Gasteiger partial charge on any atom is 0.407 e. The molecule has 0 bridgehead atoms. The van der Waals surface area contributed by atoms with Crippen molar-refractivity contribution in [2.75, 3.05) is 19.6 Å². The average Bonchev–Trinajstić information content (AvgIpc) is 3.08. The SMILES string of the molecule is CC(C)(C)OC(=O)NCC1CCN(C(=O)[C@@H]2CCC(=O)N2Cc2c(Cl)cccc2Cl)CC1. The number of hydrogen-bond acceptors (Lipinski definition) is 4. The molecule has 0 unspecified atom stereocenters. The summed E-state index contributed by atoms with van der Waals surface area (Å²) in [6.07, 6.45) is 2.00. The molecule has 0 aromatic heterocycles. The number of likely N-dealkylation sites (tertiary alicyclic amines) is 2. The Bertz CT molecular complexity index is 843. The molecule has 0 spiro atoms. The molecule has 1 aromatic rings. The fraction of sp³-hybridized carbons (Fsp3) is 0.609. The van der Waals surface area contributed by atoms with E-state index in [2.05, 4.69) is 5.32 Å². The van der Waals surface area contributed by atoms with Crippen LogP contribution in [0.3, 0.4) is 0 Å². The van der Waals surface area contributed by atoms with Crippen LogP contribution in [0.15, 0.2) is 18.2 Å². The van der Waals surface area contributed by atoms with Gasteiger partial charge in [-0.15, -0.1) is 0 Å². The predicted molar refractivity (Wildman–Crippen MR) is 124 cm³/mol. The number of carbonyl (C=O) groups is 3. The highest BCUT2D eigenvalue weighted by atomic mass is 35.5. The lowest BCUT2D eigenvalue weighted by atomic mass is 9.96. The lowest BCUT2D eigenvalue weighted by Gasteiger charge is -2.35. The molecular formula is C23H31Cl2N3O4. The van der Waals surface area contributed by atoms with E-state index in [9.17, 15) is 14.4 Å². The lowest BCUT2D eigenvalue weighted by molar-refractivity contribution is -0.142. The number of hydrogen-bond donors (Lipinski definition) is 1. The fourth-order valence-corrected chi connectivity index (χ4v) is 4.67. The van der Waals surface area contributed by atoms with Gasteiger partial charge in [-0.25, -0.2) is 4.79 Å². The van der Waals surface area contributed by atoms with E-state index < -0.39 is 17.7 Å². The second kappa shape index (κ2) is 10.3. The molecule has 7 nitrogen and oxygen atoms in total. The van der Waals surface area contributed by atoms with Gasteiger partial charge in [0.1, 0.15) is 11.6 Å². The molecule has 2 heterocycles. The van der Waals surface area contributed by atoms with Gasteiger partial charge in [-0.3, -0.25) is 9.59 Å².